The van der Waals surface area contributed by atoms with Gasteiger partial charge in [-0.1, -0.05) is 54.6 Å². The molecule has 0 aliphatic carbocycles. The van der Waals surface area contributed by atoms with Crippen LogP contribution in [0.5, 0.6) is 0 Å². The van der Waals surface area contributed by atoms with Crippen molar-refractivity contribution in [2.24, 2.45) is 0 Å². The third kappa shape index (κ3) is 5.30. The molecule has 0 heterocycles. The van der Waals surface area contributed by atoms with Crippen LogP contribution in [0.2, 0.25) is 0 Å². The van der Waals surface area contributed by atoms with E-state index in [2.05, 4.69) is 0 Å². The van der Waals surface area contributed by atoms with Crippen molar-refractivity contribution in [1.29, 1.82) is 0 Å². The number of alkyl halides is 1. The molecule has 0 aromatic heterocycles. The van der Waals surface area contributed by atoms with Gasteiger partial charge in [-0.25, -0.2) is 9.87 Å². The molecule has 0 spiro atoms. The summed E-state index contributed by atoms with van der Waals surface area (Å²) in [6.45, 7) is 0. The Morgan fingerprint density at radius 2 is 1.64 bits per heavy atom. The number of halogens is 1. The molecule has 4 heteroatoms. The first-order chi connectivity index (χ1) is 10.7. The first-order valence-electron chi connectivity index (χ1n) is 7.36. The molecule has 22 heavy (non-hydrogen) atoms. The van der Waals surface area contributed by atoms with Crippen molar-refractivity contribution in [2.45, 2.75) is 31.9 Å². The molecular formula is C18H20FNO2. The maximum atomic E-state index is 14.0. The Hall–Kier alpha value is -2.20. The Morgan fingerprint density at radius 1 is 1.00 bits per heavy atom. The zero-order chi connectivity index (χ0) is 15.8. The van der Waals surface area contributed by atoms with Crippen LogP contribution >= 0.6 is 0 Å². The summed E-state index contributed by atoms with van der Waals surface area (Å²) in [6.07, 6.45) is 0.861. The third-order valence-corrected chi connectivity index (χ3v) is 3.56. The Bertz CT molecular complexity index is 584. The normalized spacial score (nSPS) is 11.9. The van der Waals surface area contributed by atoms with Crippen molar-refractivity contribution < 1.29 is 14.4 Å². The summed E-state index contributed by atoms with van der Waals surface area (Å²) in [5, 5.41) is 8.48. The third-order valence-electron chi connectivity index (χ3n) is 3.56. The van der Waals surface area contributed by atoms with E-state index in [9.17, 15) is 9.18 Å². The molecule has 3 nitrogen and oxygen atoms in total. The highest BCUT2D eigenvalue weighted by molar-refractivity contribution is 5.77. The largest absolute Gasteiger partial charge is 0.289 e. The van der Waals surface area contributed by atoms with Crippen LogP contribution < -0.4 is 5.48 Å². The second-order valence-electron chi connectivity index (χ2n) is 5.35. The zero-order valence-corrected chi connectivity index (χ0v) is 12.3. The predicted molar refractivity (Wildman–Crippen MR) is 83.4 cm³/mol. The molecule has 2 aromatic carbocycles. The van der Waals surface area contributed by atoms with E-state index in [0.717, 1.165) is 16.7 Å². The SMILES string of the molecule is O=C(Cc1ccc(CCC(F)Cc2ccccc2)cc1)NO. The van der Waals surface area contributed by atoms with Gasteiger partial charge in [0.15, 0.2) is 0 Å². The van der Waals surface area contributed by atoms with Gasteiger partial charge in [0.2, 0.25) is 5.91 Å². The van der Waals surface area contributed by atoms with Crippen LogP contribution in [0.15, 0.2) is 54.6 Å². The molecule has 0 fully saturated rings. The summed E-state index contributed by atoms with van der Waals surface area (Å²) in [4.78, 5) is 11.0. The topological polar surface area (TPSA) is 49.3 Å². The van der Waals surface area contributed by atoms with Gasteiger partial charge in [0.05, 0.1) is 6.42 Å². The van der Waals surface area contributed by atoms with Crippen molar-refractivity contribution >= 4 is 5.91 Å². The van der Waals surface area contributed by atoms with Gasteiger partial charge in [-0.3, -0.25) is 10.0 Å². The van der Waals surface area contributed by atoms with E-state index in [1.807, 2.05) is 54.6 Å². The number of carbonyl (C=O) groups is 1. The molecule has 1 unspecified atom stereocenters. The number of hydroxylamine groups is 1. The summed E-state index contributed by atoms with van der Waals surface area (Å²) in [7, 11) is 0. The fraction of sp³-hybridized carbons (Fsp3) is 0.278. The van der Waals surface area contributed by atoms with Crippen LogP contribution in [0.25, 0.3) is 0 Å². The van der Waals surface area contributed by atoms with Gasteiger partial charge in [0.1, 0.15) is 6.17 Å². The lowest BCUT2D eigenvalue weighted by molar-refractivity contribution is -0.128. The number of nitrogens with one attached hydrogen (secondary N) is 1. The fourth-order valence-electron chi connectivity index (χ4n) is 2.34. The van der Waals surface area contributed by atoms with Crippen molar-refractivity contribution in [3.05, 3.63) is 71.3 Å². The van der Waals surface area contributed by atoms with Gasteiger partial charge in [0, 0.05) is 6.42 Å². The van der Waals surface area contributed by atoms with Gasteiger partial charge in [0.25, 0.3) is 0 Å². The minimum atomic E-state index is -0.859. The van der Waals surface area contributed by atoms with Crippen LogP contribution in [-0.2, 0) is 24.1 Å². The van der Waals surface area contributed by atoms with Crippen LogP contribution in [0.3, 0.4) is 0 Å². The highest BCUT2D eigenvalue weighted by atomic mass is 19.1. The molecule has 116 valence electrons. The first-order valence-corrected chi connectivity index (χ1v) is 7.36. The average molecular weight is 301 g/mol. The number of amides is 1. The van der Waals surface area contributed by atoms with Crippen LogP contribution in [-0.4, -0.2) is 17.3 Å². The van der Waals surface area contributed by atoms with Crippen molar-refractivity contribution in [1.82, 2.24) is 5.48 Å². The first kappa shape index (κ1) is 16.2. The summed E-state index contributed by atoms with van der Waals surface area (Å²) >= 11 is 0. The number of rotatable bonds is 7. The van der Waals surface area contributed by atoms with E-state index in [1.54, 1.807) is 5.48 Å². The smallest absolute Gasteiger partial charge is 0.247 e. The molecule has 0 saturated carbocycles. The lowest BCUT2D eigenvalue weighted by Crippen LogP contribution is -2.20. The second kappa shape index (κ2) is 8.29. The monoisotopic (exact) mass is 301 g/mol. The van der Waals surface area contributed by atoms with E-state index < -0.39 is 12.1 Å². The van der Waals surface area contributed by atoms with Crippen molar-refractivity contribution in [3.8, 4) is 0 Å². The van der Waals surface area contributed by atoms with E-state index in [0.29, 0.717) is 19.3 Å². The summed E-state index contributed by atoms with van der Waals surface area (Å²) in [5.41, 5.74) is 4.48. The second-order valence-corrected chi connectivity index (χ2v) is 5.35. The van der Waals surface area contributed by atoms with Crippen molar-refractivity contribution in [3.63, 3.8) is 0 Å². The van der Waals surface area contributed by atoms with E-state index >= 15 is 0 Å². The van der Waals surface area contributed by atoms with Gasteiger partial charge in [-0.15, -0.1) is 0 Å². The molecular weight excluding hydrogens is 281 g/mol. The van der Waals surface area contributed by atoms with Crippen LogP contribution in [0, 0.1) is 0 Å². The van der Waals surface area contributed by atoms with E-state index in [4.69, 9.17) is 5.21 Å². The summed E-state index contributed by atoms with van der Waals surface area (Å²) in [5.74, 6) is -0.445. The predicted octanol–water partition coefficient (Wildman–Crippen LogP) is 3.25. The number of benzene rings is 2. The van der Waals surface area contributed by atoms with E-state index in [1.165, 1.54) is 0 Å². The number of hydrogen-bond acceptors (Lipinski definition) is 2. The molecule has 0 aliphatic heterocycles. The number of carbonyl (C=O) groups excluding carboxylic acids is 1. The standard InChI is InChI=1S/C18H20FNO2/c19-17(12-15-4-2-1-3-5-15)11-10-14-6-8-16(9-7-14)13-18(21)20-22/h1-9,17,22H,10-13H2,(H,20,21). The van der Waals surface area contributed by atoms with Gasteiger partial charge in [-0.05, 0) is 29.5 Å². The highest BCUT2D eigenvalue weighted by Crippen LogP contribution is 2.13. The molecule has 0 aliphatic rings. The van der Waals surface area contributed by atoms with Gasteiger partial charge < -0.3 is 0 Å². The molecule has 1 atom stereocenters. The fourth-order valence-corrected chi connectivity index (χ4v) is 2.34. The summed E-state index contributed by atoms with van der Waals surface area (Å²) < 4.78 is 14.0. The number of aryl methyl sites for hydroxylation is 1. The lowest BCUT2D eigenvalue weighted by Gasteiger charge is -2.09. The molecule has 0 radical (unpaired) electrons. The minimum absolute atomic E-state index is 0.135. The number of hydrogen-bond donors (Lipinski definition) is 2. The molecule has 2 N–H and O–H groups in total. The van der Waals surface area contributed by atoms with Crippen LogP contribution in [0.4, 0.5) is 4.39 Å². The average Bonchev–Trinajstić information content (AvgIpc) is 2.55. The van der Waals surface area contributed by atoms with Gasteiger partial charge >= 0.3 is 0 Å². The Kier molecular flexibility index (Phi) is 6.10. The lowest BCUT2D eigenvalue weighted by atomic mass is 10.0. The van der Waals surface area contributed by atoms with Crippen molar-refractivity contribution in [2.75, 3.05) is 0 Å². The molecule has 2 rings (SSSR count). The Labute approximate surface area is 129 Å². The quantitative estimate of drug-likeness (QED) is 0.609. The Balaban J connectivity index is 1.80. The molecule has 1 amide bonds. The van der Waals surface area contributed by atoms with Crippen LogP contribution in [0.1, 0.15) is 23.1 Å². The van der Waals surface area contributed by atoms with Gasteiger partial charge in [-0.2, -0.15) is 0 Å². The highest BCUT2D eigenvalue weighted by Gasteiger charge is 2.08. The maximum absolute atomic E-state index is 14.0. The minimum Gasteiger partial charge on any atom is -0.289 e. The maximum Gasteiger partial charge on any atom is 0.247 e. The molecule has 0 bridgehead atoms. The molecule has 0 saturated heterocycles. The zero-order valence-electron chi connectivity index (χ0n) is 12.3. The van der Waals surface area contributed by atoms with E-state index in [-0.39, 0.29) is 6.42 Å². The molecule has 2 aromatic rings. The summed E-state index contributed by atoms with van der Waals surface area (Å²) in [6, 6.07) is 17.1. The Morgan fingerprint density at radius 3 is 2.27 bits per heavy atom.